The number of aromatic amines is 1. The molecule has 1 aliphatic rings. The van der Waals surface area contributed by atoms with Crippen molar-refractivity contribution in [1.82, 2.24) is 20.2 Å². The van der Waals surface area contributed by atoms with Gasteiger partial charge in [0.1, 0.15) is 5.82 Å². The first kappa shape index (κ1) is 16.8. The minimum Gasteiger partial charge on any atom is -0.341 e. The van der Waals surface area contributed by atoms with Gasteiger partial charge in [-0.1, -0.05) is 42.5 Å². The second-order valence-corrected chi connectivity index (χ2v) is 6.91. The minimum absolute atomic E-state index is 0.201. The molecule has 134 valence electrons. The van der Waals surface area contributed by atoms with Crippen molar-refractivity contribution >= 4 is 16.9 Å². The number of aromatic nitrogens is 2. The second kappa shape index (κ2) is 7.70. The molecule has 0 saturated carbocycles. The summed E-state index contributed by atoms with van der Waals surface area (Å²) >= 11 is 0. The Bertz CT molecular complexity index is 841. The van der Waals surface area contributed by atoms with Crippen molar-refractivity contribution in [2.45, 2.75) is 31.8 Å². The number of hydrogen-bond donors (Lipinski definition) is 2. The van der Waals surface area contributed by atoms with Gasteiger partial charge in [-0.25, -0.2) is 4.98 Å². The number of rotatable bonds is 7. The zero-order valence-electron chi connectivity index (χ0n) is 14.8. The van der Waals surface area contributed by atoms with Crippen molar-refractivity contribution in [1.29, 1.82) is 0 Å². The van der Waals surface area contributed by atoms with E-state index in [4.69, 9.17) is 0 Å². The summed E-state index contributed by atoms with van der Waals surface area (Å²) in [5.41, 5.74) is 3.36. The fourth-order valence-corrected chi connectivity index (χ4v) is 3.57. The molecule has 2 N–H and O–H groups in total. The Hall–Kier alpha value is -2.66. The number of benzene rings is 2. The van der Waals surface area contributed by atoms with Crippen molar-refractivity contribution in [3.8, 4) is 0 Å². The third-order valence-corrected chi connectivity index (χ3v) is 4.95. The molecule has 2 aromatic carbocycles. The van der Waals surface area contributed by atoms with Gasteiger partial charge < -0.3 is 15.2 Å². The molecule has 0 bridgehead atoms. The summed E-state index contributed by atoms with van der Waals surface area (Å²) in [6.45, 7) is 2.27. The fourth-order valence-electron chi connectivity index (χ4n) is 3.57. The smallest absolute Gasteiger partial charge is 0.224 e. The number of fused-ring (bicyclic) bond motifs is 1. The Balaban J connectivity index is 1.25. The lowest BCUT2D eigenvalue weighted by atomic mass is 10.1. The highest BCUT2D eigenvalue weighted by Crippen LogP contribution is 2.14. The normalized spacial score (nSPS) is 17.3. The molecule has 26 heavy (non-hydrogen) atoms. The van der Waals surface area contributed by atoms with Crippen LogP contribution in [0.5, 0.6) is 0 Å². The number of carbonyl (C=O) groups excluding carboxylic acids is 1. The lowest BCUT2D eigenvalue weighted by Crippen LogP contribution is -2.33. The standard InChI is InChI=1S/C21H24N4O/c26-21-13-17(15-25(21)12-6-9-16-7-2-1-3-8-16)22-14-20-23-18-10-4-5-11-19(18)24-20/h1-5,7-8,10-11,17,22H,6,9,12-15H2,(H,23,24)/t17-/m0/s1. The number of H-pyrrole nitrogens is 1. The van der Waals surface area contributed by atoms with Crippen LogP contribution in [0.15, 0.2) is 54.6 Å². The van der Waals surface area contributed by atoms with E-state index in [1.54, 1.807) is 0 Å². The molecule has 0 unspecified atom stereocenters. The SMILES string of the molecule is O=C1C[C@H](NCc2nc3ccccc3[nH]2)CN1CCCc1ccccc1. The predicted molar refractivity (Wildman–Crippen MR) is 103 cm³/mol. The molecule has 3 aromatic rings. The van der Waals surface area contributed by atoms with Gasteiger partial charge in [-0.05, 0) is 30.5 Å². The highest BCUT2D eigenvalue weighted by atomic mass is 16.2. The summed E-state index contributed by atoms with van der Waals surface area (Å²) in [5, 5.41) is 3.47. The molecule has 5 nitrogen and oxygen atoms in total. The van der Waals surface area contributed by atoms with Gasteiger partial charge in [0, 0.05) is 25.6 Å². The summed E-state index contributed by atoms with van der Waals surface area (Å²) in [7, 11) is 0. The van der Waals surface area contributed by atoms with Crippen LogP contribution in [-0.2, 0) is 17.8 Å². The van der Waals surface area contributed by atoms with E-state index in [2.05, 4.69) is 39.6 Å². The quantitative estimate of drug-likeness (QED) is 0.690. The van der Waals surface area contributed by atoms with E-state index in [-0.39, 0.29) is 11.9 Å². The molecule has 0 aliphatic carbocycles. The van der Waals surface area contributed by atoms with Crippen LogP contribution in [0, 0.1) is 0 Å². The number of imidazole rings is 1. The van der Waals surface area contributed by atoms with E-state index in [1.807, 2.05) is 35.2 Å². The predicted octanol–water partition coefficient (Wildman–Crippen LogP) is 2.89. The molecule has 0 spiro atoms. The van der Waals surface area contributed by atoms with Crippen LogP contribution >= 0.6 is 0 Å². The number of nitrogens with one attached hydrogen (secondary N) is 2. The molecule has 2 heterocycles. The van der Waals surface area contributed by atoms with E-state index in [1.165, 1.54) is 5.56 Å². The van der Waals surface area contributed by atoms with Crippen LogP contribution in [0.3, 0.4) is 0 Å². The number of carbonyl (C=O) groups is 1. The summed E-state index contributed by atoms with van der Waals surface area (Å²) in [5.74, 6) is 1.17. The fraction of sp³-hybridized carbons (Fsp3) is 0.333. The van der Waals surface area contributed by atoms with Crippen molar-refractivity contribution in [3.63, 3.8) is 0 Å². The Kier molecular flexibility index (Phi) is 4.97. The summed E-state index contributed by atoms with van der Waals surface area (Å²) in [6.07, 6.45) is 2.60. The maximum atomic E-state index is 12.2. The third kappa shape index (κ3) is 3.94. The van der Waals surface area contributed by atoms with Gasteiger partial charge in [0.25, 0.3) is 0 Å². The lowest BCUT2D eigenvalue weighted by molar-refractivity contribution is -0.127. The first-order valence-corrected chi connectivity index (χ1v) is 9.26. The summed E-state index contributed by atoms with van der Waals surface area (Å²) < 4.78 is 0. The van der Waals surface area contributed by atoms with Crippen LogP contribution in [0.4, 0.5) is 0 Å². The molecule has 4 rings (SSSR count). The van der Waals surface area contributed by atoms with Gasteiger partial charge in [-0.2, -0.15) is 0 Å². The van der Waals surface area contributed by atoms with Crippen LogP contribution in [0.25, 0.3) is 11.0 Å². The third-order valence-electron chi connectivity index (χ3n) is 4.95. The average Bonchev–Trinajstić information content (AvgIpc) is 3.24. The van der Waals surface area contributed by atoms with Gasteiger partial charge in [0.15, 0.2) is 0 Å². The van der Waals surface area contributed by atoms with Gasteiger partial charge in [-0.15, -0.1) is 0 Å². The number of likely N-dealkylation sites (tertiary alicyclic amines) is 1. The molecule has 1 aromatic heterocycles. The Morgan fingerprint density at radius 3 is 2.77 bits per heavy atom. The largest absolute Gasteiger partial charge is 0.341 e. The minimum atomic E-state index is 0.201. The number of hydrogen-bond acceptors (Lipinski definition) is 3. The molecule has 1 aliphatic heterocycles. The van der Waals surface area contributed by atoms with Crippen LogP contribution < -0.4 is 5.32 Å². The molecule has 1 fully saturated rings. The Labute approximate surface area is 153 Å². The number of amides is 1. The number of aryl methyl sites for hydroxylation is 1. The van der Waals surface area contributed by atoms with E-state index in [9.17, 15) is 4.79 Å². The molecule has 1 atom stereocenters. The lowest BCUT2D eigenvalue weighted by Gasteiger charge is -2.17. The number of nitrogens with zero attached hydrogens (tertiary/aromatic N) is 2. The van der Waals surface area contributed by atoms with Crippen molar-refractivity contribution in [3.05, 3.63) is 66.0 Å². The molecule has 1 saturated heterocycles. The van der Waals surface area contributed by atoms with Crippen molar-refractivity contribution in [2.24, 2.45) is 0 Å². The van der Waals surface area contributed by atoms with Crippen LogP contribution in [-0.4, -0.2) is 39.9 Å². The Morgan fingerprint density at radius 1 is 1.12 bits per heavy atom. The Morgan fingerprint density at radius 2 is 1.92 bits per heavy atom. The highest BCUT2D eigenvalue weighted by Gasteiger charge is 2.28. The topological polar surface area (TPSA) is 61.0 Å². The number of para-hydroxylation sites is 2. The molecular formula is C21H24N4O. The van der Waals surface area contributed by atoms with Crippen molar-refractivity contribution < 1.29 is 4.79 Å². The zero-order chi connectivity index (χ0) is 17.8. The maximum Gasteiger partial charge on any atom is 0.224 e. The first-order chi connectivity index (χ1) is 12.8. The monoisotopic (exact) mass is 348 g/mol. The van der Waals surface area contributed by atoms with Gasteiger partial charge in [0.2, 0.25) is 5.91 Å². The maximum absolute atomic E-state index is 12.2. The molecule has 0 radical (unpaired) electrons. The van der Waals surface area contributed by atoms with Gasteiger partial charge >= 0.3 is 0 Å². The van der Waals surface area contributed by atoms with Crippen LogP contribution in [0.1, 0.15) is 24.2 Å². The summed E-state index contributed by atoms with van der Waals surface area (Å²) in [6, 6.07) is 18.7. The summed E-state index contributed by atoms with van der Waals surface area (Å²) in [4.78, 5) is 22.1. The first-order valence-electron chi connectivity index (χ1n) is 9.26. The van der Waals surface area contributed by atoms with Gasteiger partial charge in [0.05, 0.1) is 17.6 Å². The molecule has 5 heteroatoms. The van der Waals surface area contributed by atoms with Crippen LogP contribution in [0.2, 0.25) is 0 Å². The second-order valence-electron chi connectivity index (χ2n) is 6.91. The molecule has 1 amide bonds. The zero-order valence-corrected chi connectivity index (χ0v) is 14.8. The highest BCUT2D eigenvalue weighted by molar-refractivity contribution is 5.79. The van der Waals surface area contributed by atoms with E-state index in [0.717, 1.165) is 42.8 Å². The van der Waals surface area contributed by atoms with E-state index < -0.39 is 0 Å². The van der Waals surface area contributed by atoms with E-state index in [0.29, 0.717) is 13.0 Å². The van der Waals surface area contributed by atoms with Gasteiger partial charge in [-0.3, -0.25) is 4.79 Å². The average molecular weight is 348 g/mol. The molecular weight excluding hydrogens is 324 g/mol. The van der Waals surface area contributed by atoms with Crippen molar-refractivity contribution in [2.75, 3.05) is 13.1 Å². The van der Waals surface area contributed by atoms with E-state index >= 15 is 0 Å².